The topological polar surface area (TPSA) is 183 Å². The van der Waals surface area contributed by atoms with Gasteiger partial charge in [0.15, 0.2) is 28.1 Å². The highest BCUT2D eigenvalue weighted by Gasteiger charge is 2.28. The van der Waals surface area contributed by atoms with Gasteiger partial charge in [0, 0.05) is 41.5 Å². The minimum Gasteiger partial charge on any atom is -0.456 e. The van der Waals surface area contributed by atoms with Crippen LogP contribution in [0.1, 0.15) is 49.0 Å². The van der Waals surface area contributed by atoms with Crippen molar-refractivity contribution in [1.29, 1.82) is 0 Å². The van der Waals surface area contributed by atoms with Crippen LogP contribution in [0, 0.1) is 5.92 Å². The summed E-state index contributed by atoms with van der Waals surface area (Å²) in [5, 5.41) is 0.261. The first-order chi connectivity index (χ1) is 19.3. The molecule has 0 spiro atoms. The van der Waals surface area contributed by atoms with Gasteiger partial charge in [0.05, 0.1) is 6.20 Å². The average Bonchev–Trinajstić information content (AvgIpc) is 2.96. The van der Waals surface area contributed by atoms with Gasteiger partial charge in [-0.15, -0.1) is 11.8 Å². The third kappa shape index (κ3) is 5.21. The fourth-order valence-corrected chi connectivity index (χ4v) is 4.96. The number of fused-ring (bicyclic) bond motifs is 2. The van der Waals surface area contributed by atoms with Gasteiger partial charge in [0.25, 0.3) is 11.1 Å². The third-order valence-corrected chi connectivity index (χ3v) is 7.47. The second-order valence-electron chi connectivity index (χ2n) is 9.60. The lowest BCUT2D eigenvalue weighted by molar-refractivity contribution is -0.149. The van der Waals surface area contributed by atoms with Crippen LogP contribution >= 0.6 is 11.8 Å². The number of hydrogen-bond acceptors (Lipinski definition) is 12. The number of Topliss-reactive ketones (excluding diaryl/α,β-unsaturated/α-hetero) is 1. The molecule has 0 radical (unpaired) electrons. The standard InChI is InChI=1S/C25H28N8O7S/c1-11(18(40-12(2)34)13-10-26-19-16(27-13)22(36)32(5)24(38)30(19)3)8-9-14(35)15-21(41-7)29-20-17(28-15)23(37)33(6)25(39)31(20)4/h10-11,18H,8-9H2,1-7H3/t11-,18?/m0/s1. The Balaban J connectivity index is 1.68. The Bertz CT molecular complexity index is 1970. The van der Waals surface area contributed by atoms with Crippen LogP contribution < -0.4 is 22.5 Å². The van der Waals surface area contributed by atoms with Crippen molar-refractivity contribution in [2.75, 3.05) is 6.26 Å². The number of thioether (sulfide) groups is 1. The van der Waals surface area contributed by atoms with Gasteiger partial charge in [-0.3, -0.25) is 37.4 Å². The van der Waals surface area contributed by atoms with Crippen LogP contribution in [0.3, 0.4) is 0 Å². The molecule has 0 saturated heterocycles. The SMILES string of the molecule is CSc1nc2c(nc1C(=O)CC[C@H](C)C(OC(C)=O)c1cnc3c(n1)c(=O)n(C)c(=O)n3C)c(=O)n(C)c(=O)n2C. The Morgan fingerprint density at radius 3 is 2.00 bits per heavy atom. The molecular weight excluding hydrogens is 556 g/mol. The maximum Gasteiger partial charge on any atom is 0.332 e. The molecule has 0 aliphatic rings. The van der Waals surface area contributed by atoms with Crippen molar-refractivity contribution in [1.82, 2.24) is 38.2 Å². The first-order valence-corrected chi connectivity index (χ1v) is 13.7. The van der Waals surface area contributed by atoms with E-state index in [4.69, 9.17) is 4.74 Å². The van der Waals surface area contributed by atoms with Crippen LogP contribution in [0.2, 0.25) is 0 Å². The van der Waals surface area contributed by atoms with E-state index < -0.39 is 46.3 Å². The molecule has 1 unspecified atom stereocenters. The van der Waals surface area contributed by atoms with Crippen molar-refractivity contribution in [3.8, 4) is 0 Å². The smallest absolute Gasteiger partial charge is 0.332 e. The van der Waals surface area contributed by atoms with Gasteiger partial charge in [0.1, 0.15) is 22.5 Å². The quantitative estimate of drug-likeness (QED) is 0.154. The first-order valence-electron chi connectivity index (χ1n) is 12.4. The van der Waals surface area contributed by atoms with E-state index in [1.807, 2.05) is 0 Å². The molecule has 216 valence electrons. The summed E-state index contributed by atoms with van der Waals surface area (Å²) in [5.74, 6) is -1.47. The molecule has 4 aromatic rings. The third-order valence-electron chi connectivity index (χ3n) is 6.80. The summed E-state index contributed by atoms with van der Waals surface area (Å²) < 4.78 is 9.71. The van der Waals surface area contributed by atoms with Gasteiger partial charge >= 0.3 is 17.3 Å². The summed E-state index contributed by atoms with van der Waals surface area (Å²) in [4.78, 5) is 92.5. The monoisotopic (exact) mass is 584 g/mol. The van der Waals surface area contributed by atoms with Crippen molar-refractivity contribution < 1.29 is 14.3 Å². The Hall–Kier alpha value is -4.47. The summed E-state index contributed by atoms with van der Waals surface area (Å²) >= 11 is 1.15. The van der Waals surface area contributed by atoms with E-state index in [9.17, 15) is 28.8 Å². The van der Waals surface area contributed by atoms with Crippen molar-refractivity contribution in [3.05, 3.63) is 59.3 Å². The molecule has 16 heteroatoms. The molecular formula is C25H28N8O7S. The Morgan fingerprint density at radius 2 is 1.44 bits per heavy atom. The van der Waals surface area contributed by atoms with E-state index >= 15 is 0 Å². The van der Waals surface area contributed by atoms with E-state index in [2.05, 4.69) is 19.9 Å². The van der Waals surface area contributed by atoms with Gasteiger partial charge in [-0.25, -0.2) is 29.5 Å². The first kappa shape index (κ1) is 29.5. The molecule has 0 saturated carbocycles. The highest BCUT2D eigenvalue weighted by molar-refractivity contribution is 7.98. The number of rotatable bonds is 8. The summed E-state index contributed by atoms with van der Waals surface area (Å²) in [6, 6.07) is 0. The zero-order valence-corrected chi connectivity index (χ0v) is 24.3. The van der Waals surface area contributed by atoms with Crippen LogP contribution in [-0.2, 0) is 37.7 Å². The molecule has 4 heterocycles. The molecule has 15 nitrogen and oxygen atoms in total. The molecule has 0 aliphatic heterocycles. The lowest BCUT2D eigenvalue weighted by Crippen LogP contribution is -2.38. The summed E-state index contributed by atoms with van der Waals surface area (Å²) in [6.45, 7) is 2.98. The Labute approximate surface area is 235 Å². The molecule has 0 bridgehead atoms. The van der Waals surface area contributed by atoms with Gasteiger partial charge in [-0.2, -0.15) is 0 Å². The number of hydrogen-bond donors (Lipinski definition) is 0. The van der Waals surface area contributed by atoms with E-state index in [0.29, 0.717) is 0 Å². The number of aromatic nitrogens is 8. The minimum absolute atomic E-state index is 0.00750. The fraction of sp³-hybridized carbons (Fsp3) is 0.440. The predicted octanol–water partition coefficient (Wildman–Crippen LogP) is -0.00690. The number of aryl methyl sites for hydroxylation is 2. The van der Waals surface area contributed by atoms with Gasteiger partial charge < -0.3 is 4.74 Å². The normalized spacial score (nSPS) is 13.0. The van der Waals surface area contributed by atoms with Crippen LogP contribution in [0.15, 0.2) is 30.4 Å². The molecule has 4 aromatic heterocycles. The summed E-state index contributed by atoms with van der Waals surface area (Å²) in [6.07, 6.45) is 2.23. The van der Waals surface area contributed by atoms with Crippen LogP contribution in [0.5, 0.6) is 0 Å². The summed E-state index contributed by atoms with van der Waals surface area (Å²) in [7, 11) is 5.57. The van der Waals surface area contributed by atoms with Gasteiger partial charge in [-0.1, -0.05) is 6.92 Å². The fourth-order valence-electron chi connectivity index (χ4n) is 4.43. The molecule has 41 heavy (non-hydrogen) atoms. The zero-order chi connectivity index (χ0) is 30.3. The number of nitrogens with zero attached hydrogens (tertiary/aromatic N) is 8. The highest BCUT2D eigenvalue weighted by atomic mass is 32.2. The predicted molar refractivity (Wildman–Crippen MR) is 149 cm³/mol. The van der Waals surface area contributed by atoms with Crippen molar-refractivity contribution in [2.45, 2.75) is 37.8 Å². The molecule has 0 aromatic carbocycles. The number of esters is 1. The number of carbonyl (C=O) groups excluding carboxylic acids is 2. The zero-order valence-electron chi connectivity index (χ0n) is 23.5. The molecule has 0 fully saturated rings. The second-order valence-corrected chi connectivity index (χ2v) is 10.4. The molecule has 4 rings (SSSR count). The van der Waals surface area contributed by atoms with E-state index in [1.165, 1.54) is 50.4 Å². The molecule has 0 N–H and O–H groups in total. The number of ketones is 1. The van der Waals surface area contributed by atoms with Crippen LogP contribution in [-0.4, -0.2) is 56.2 Å². The van der Waals surface area contributed by atoms with Gasteiger partial charge in [-0.05, 0) is 18.6 Å². The number of carbonyl (C=O) groups is 2. The second kappa shape index (κ2) is 11.2. The molecule has 0 amide bonds. The van der Waals surface area contributed by atoms with E-state index in [1.54, 1.807) is 13.2 Å². The van der Waals surface area contributed by atoms with Gasteiger partial charge in [0.2, 0.25) is 0 Å². The lowest BCUT2D eigenvalue weighted by atomic mass is 9.94. The maximum absolute atomic E-state index is 13.3. The largest absolute Gasteiger partial charge is 0.456 e. The van der Waals surface area contributed by atoms with Crippen molar-refractivity contribution >= 4 is 45.8 Å². The van der Waals surface area contributed by atoms with Crippen LogP contribution in [0.4, 0.5) is 0 Å². The molecule has 0 aliphatic carbocycles. The minimum atomic E-state index is -0.955. The van der Waals surface area contributed by atoms with Crippen molar-refractivity contribution in [3.63, 3.8) is 0 Å². The Kier molecular flexibility index (Phi) is 8.05. The van der Waals surface area contributed by atoms with Crippen LogP contribution in [0.25, 0.3) is 22.3 Å². The average molecular weight is 585 g/mol. The Morgan fingerprint density at radius 1 is 0.878 bits per heavy atom. The van der Waals surface area contributed by atoms with Crippen molar-refractivity contribution in [2.24, 2.45) is 34.1 Å². The lowest BCUT2D eigenvalue weighted by Gasteiger charge is -2.23. The highest BCUT2D eigenvalue weighted by Crippen LogP contribution is 2.30. The number of ether oxygens (including phenoxy) is 1. The molecule has 2 atom stereocenters. The maximum atomic E-state index is 13.3. The van der Waals surface area contributed by atoms with E-state index in [-0.39, 0.29) is 51.6 Å². The van der Waals surface area contributed by atoms with E-state index in [0.717, 1.165) is 20.9 Å². The summed E-state index contributed by atoms with van der Waals surface area (Å²) in [5.41, 5.74) is -2.29.